The highest BCUT2D eigenvalue weighted by molar-refractivity contribution is 8.46. The van der Waals surface area contributed by atoms with Crippen LogP contribution < -0.4 is 14.9 Å². The summed E-state index contributed by atoms with van der Waals surface area (Å²) in [4.78, 5) is 21.8. The maximum Gasteiger partial charge on any atom is 0.261 e. The molecule has 0 bridgehead atoms. The van der Waals surface area contributed by atoms with Gasteiger partial charge in [-0.1, -0.05) is 6.92 Å². The van der Waals surface area contributed by atoms with Crippen LogP contribution in [-0.4, -0.2) is 39.9 Å². The summed E-state index contributed by atoms with van der Waals surface area (Å²) in [6.45, 7) is 1.84. The maximum atomic E-state index is 14.9. The number of benzene rings is 1. The summed E-state index contributed by atoms with van der Waals surface area (Å²) in [6.07, 6.45) is 3.79. The lowest BCUT2D eigenvalue weighted by atomic mass is 10.1. The van der Waals surface area contributed by atoms with E-state index in [2.05, 4.69) is 28.4 Å². The molecule has 2 heterocycles. The predicted octanol–water partition coefficient (Wildman–Crippen LogP) is 3.70. The Balaban J connectivity index is 1.92. The smallest absolute Gasteiger partial charge is 0.261 e. The first-order valence-electron chi connectivity index (χ1n) is 9.22. The fourth-order valence-corrected chi connectivity index (χ4v) is 5.61. The number of rotatable bonds is 7. The molecule has 1 aromatic carbocycles. The second-order valence-corrected chi connectivity index (χ2v) is 11.8. The zero-order chi connectivity index (χ0) is 22.1. The van der Waals surface area contributed by atoms with Crippen molar-refractivity contribution in [3.8, 4) is 0 Å². The number of aromatic amines is 1. The molecule has 162 valence electrons. The molecule has 0 fully saturated rings. The van der Waals surface area contributed by atoms with Gasteiger partial charge in [-0.3, -0.25) is 9.00 Å². The van der Waals surface area contributed by atoms with Crippen molar-refractivity contribution in [2.45, 2.75) is 13.3 Å². The van der Waals surface area contributed by atoms with Crippen molar-refractivity contribution in [3.05, 3.63) is 47.8 Å². The Morgan fingerprint density at radius 3 is 2.73 bits per heavy atom. The Kier molecular flexibility index (Phi) is 6.38. The molecule has 1 amide bonds. The van der Waals surface area contributed by atoms with Gasteiger partial charge in [0.15, 0.2) is 5.82 Å². The quantitative estimate of drug-likeness (QED) is 0.323. The van der Waals surface area contributed by atoms with Crippen LogP contribution in [0.3, 0.4) is 0 Å². The monoisotopic (exact) mass is 455 g/mol. The second-order valence-electron chi connectivity index (χ2n) is 7.06. The van der Waals surface area contributed by atoms with Gasteiger partial charge in [0.2, 0.25) is 0 Å². The number of H-pyrrole nitrogens is 1. The third-order valence-electron chi connectivity index (χ3n) is 4.43. The van der Waals surface area contributed by atoms with E-state index in [0.29, 0.717) is 17.8 Å². The normalized spacial score (nSPS) is 12.1. The number of nitrogens with zero attached hydrogens (tertiary/aromatic N) is 2. The van der Waals surface area contributed by atoms with E-state index < -0.39 is 32.8 Å². The summed E-state index contributed by atoms with van der Waals surface area (Å²) in [7, 11) is 2.95. The van der Waals surface area contributed by atoms with Gasteiger partial charge in [0.1, 0.15) is 17.0 Å². The Hall–Kier alpha value is -2.58. The van der Waals surface area contributed by atoms with Crippen LogP contribution in [0.2, 0.25) is 0 Å². The van der Waals surface area contributed by atoms with Crippen LogP contribution in [0.15, 0.2) is 30.6 Å². The SMILES string of the molecule is CCC[SH](=O)(P)Nc1ccc(F)c(C(=O)Nc2cnc3[nH]cc(N(C)C)c3c2)c1F. The standard InChI is InChI=1S/C19H24F2N5O2PS/c1-4-7-30(28,29)25-14-6-5-13(20)16(17(14)21)19(27)24-11-8-12-15(26(2)3)10-23-18(12)22-9-11/h5-6,8-10,30H,4,7,29H2,1-3H3,(H,22,23)(H,24,27)(H,25,28). The topological polar surface area (TPSA) is 90.1 Å². The van der Waals surface area contributed by atoms with Crippen molar-refractivity contribution in [2.24, 2.45) is 0 Å². The average Bonchev–Trinajstić information content (AvgIpc) is 3.07. The Morgan fingerprint density at radius 2 is 2.07 bits per heavy atom. The maximum absolute atomic E-state index is 14.9. The first-order valence-corrected chi connectivity index (χ1v) is 12.7. The predicted molar refractivity (Wildman–Crippen MR) is 123 cm³/mol. The van der Waals surface area contributed by atoms with Gasteiger partial charge in [0.25, 0.3) is 5.91 Å². The minimum atomic E-state index is -2.95. The van der Waals surface area contributed by atoms with E-state index in [1.165, 1.54) is 6.20 Å². The average molecular weight is 455 g/mol. The Labute approximate surface area is 176 Å². The van der Waals surface area contributed by atoms with Gasteiger partial charge in [-0.05, 0) is 42.8 Å². The Bertz CT molecular complexity index is 1150. The van der Waals surface area contributed by atoms with Crippen LogP contribution >= 0.6 is 8.44 Å². The molecule has 2 aromatic heterocycles. The van der Waals surface area contributed by atoms with Gasteiger partial charge >= 0.3 is 0 Å². The number of nitrogens with one attached hydrogen (secondary N) is 3. The van der Waals surface area contributed by atoms with Crippen LogP contribution in [0.1, 0.15) is 23.7 Å². The minimum Gasteiger partial charge on any atom is -0.376 e. The van der Waals surface area contributed by atoms with E-state index in [-0.39, 0.29) is 11.4 Å². The molecule has 3 rings (SSSR count). The molecular weight excluding hydrogens is 431 g/mol. The number of carbonyl (C=O) groups is 1. The van der Waals surface area contributed by atoms with Crippen LogP contribution in [0.4, 0.5) is 25.8 Å². The zero-order valence-corrected chi connectivity index (χ0v) is 18.8. The first kappa shape index (κ1) is 22.1. The van der Waals surface area contributed by atoms with Gasteiger partial charge in [-0.25, -0.2) is 13.8 Å². The van der Waals surface area contributed by atoms with Crippen LogP contribution in [0.25, 0.3) is 11.0 Å². The number of anilines is 3. The fraction of sp³-hybridized carbons (Fsp3) is 0.263. The lowest BCUT2D eigenvalue weighted by Crippen LogP contribution is -2.21. The van der Waals surface area contributed by atoms with Crippen molar-refractivity contribution in [1.29, 1.82) is 0 Å². The van der Waals surface area contributed by atoms with E-state index in [0.717, 1.165) is 23.2 Å². The van der Waals surface area contributed by atoms with Crippen LogP contribution in [-0.2, 0) is 9.74 Å². The van der Waals surface area contributed by atoms with Gasteiger partial charge in [0.05, 0.1) is 23.3 Å². The van der Waals surface area contributed by atoms with Gasteiger partial charge < -0.3 is 19.9 Å². The number of halogens is 2. The van der Waals surface area contributed by atoms with Crippen molar-refractivity contribution < 1.29 is 17.8 Å². The van der Waals surface area contributed by atoms with E-state index in [1.807, 2.05) is 25.9 Å². The number of hydrogen-bond donors (Lipinski definition) is 4. The molecule has 1 unspecified atom stereocenters. The van der Waals surface area contributed by atoms with E-state index >= 15 is 0 Å². The van der Waals surface area contributed by atoms with Crippen molar-refractivity contribution in [2.75, 3.05) is 34.8 Å². The Morgan fingerprint density at radius 1 is 1.33 bits per heavy atom. The molecule has 0 radical (unpaired) electrons. The van der Waals surface area contributed by atoms with Crippen LogP contribution in [0.5, 0.6) is 0 Å². The molecular formula is C19H24F2N5O2PS. The molecule has 7 nitrogen and oxygen atoms in total. The number of fused-ring (bicyclic) bond motifs is 1. The zero-order valence-electron chi connectivity index (χ0n) is 16.8. The van der Waals surface area contributed by atoms with Gasteiger partial charge in [-0.15, -0.1) is 0 Å². The minimum absolute atomic E-state index is 0.192. The molecule has 3 N–H and O–H groups in total. The number of carbonyl (C=O) groups excluding carboxylic acids is 1. The third-order valence-corrected chi connectivity index (χ3v) is 7.33. The second kappa shape index (κ2) is 8.65. The number of aromatic nitrogens is 2. The van der Waals surface area contributed by atoms with E-state index in [4.69, 9.17) is 0 Å². The van der Waals surface area contributed by atoms with Gasteiger partial charge in [0, 0.05) is 31.4 Å². The molecule has 0 aliphatic carbocycles. The highest BCUT2D eigenvalue weighted by Crippen LogP contribution is 2.29. The summed E-state index contributed by atoms with van der Waals surface area (Å²) >= 11 is 0. The summed E-state index contributed by atoms with van der Waals surface area (Å²) in [5.41, 5.74) is 0.803. The highest BCUT2D eigenvalue weighted by atomic mass is 32.8. The fourth-order valence-electron chi connectivity index (χ4n) is 3.06. The molecule has 0 saturated carbocycles. The molecule has 3 aromatic rings. The molecule has 11 heteroatoms. The van der Waals surface area contributed by atoms with Crippen molar-refractivity contribution in [3.63, 3.8) is 0 Å². The number of hydrogen-bond acceptors (Lipinski definition) is 4. The first-order chi connectivity index (χ1) is 14.1. The van der Waals surface area contributed by atoms with Gasteiger partial charge in [-0.2, -0.15) is 0 Å². The molecule has 0 aliphatic heterocycles. The molecule has 0 saturated heterocycles. The molecule has 30 heavy (non-hydrogen) atoms. The number of amides is 1. The van der Waals surface area contributed by atoms with Crippen molar-refractivity contribution in [1.82, 2.24) is 9.97 Å². The lowest BCUT2D eigenvalue weighted by Gasteiger charge is -2.22. The molecule has 0 spiro atoms. The van der Waals surface area contributed by atoms with Crippen LogP contribution in [0, 0.1) is 11.6 Å². The third kappa shape index (κ3) is 4.60. The summed E-state index contributed by atoms with van der Waals surface area (Å²) in [5.74, 6) is -2.77. The highest BCUT2D eigenvalue weighted by Gasteiger charge is 2.23. The number of pyridine rings is 1. The summed E-state index contributed by atoms with van der Waals surface area (Å²) in [5, 5.41) is 3.24. The largest absolute Gasteiger partial charge is 0.376 e. The number of thiol groups is 1. The summed E-state index contributed by atoms with van der Waals surface area (Å²) in [6, 6.07) is 3.77. The van der Waals surface area contributed by atoms with Crippen molar-refractivity contribution >= 4 is 52.2 Å². The van der Waals surface area contributed by atoms with E-state index in [1.54, 1.807) is 12.3 Å². The van der Waals surface area contributed by atoms with E-state index in [9.17, 15) is 17.8 Å². The summed E-state index contributed by atoms with van der Waals surface area (Å²) < 4.78 is 44.3. The molecule has 0 aliphatic rings. The lowest BCUT2D eigenvalue weighted by molar-refractivity contribution is 0.101. The molecule has 1 atom stereocenters.